The van der Waals surface area contributed by atoms with E-state index in [1.807, 2.05) is 25.1 Å². The smallest absolute Gasteiger partial charge is 0.306 e. The van der Waals surface area contributed by atoms with E-state index in [4.69, 9.17) is 9.84 Å². The number of aliphatic carboxylic acids is 1. The van der Waals surface area contributed by atoms with Crippen molar-refractivity contribution in [3.05, 3.63) is 59.2 Å². The van der Waals surface area contributed by atoms with Gasteiger partial charge in [-0.3, -0.25) is 9.59 Å². The SMILES string of the molecule is COc1cc(C(=O)Nc2ccc(CC(C)C(=O)O)cc2)ccc1C. The summed E-state index contributed by atoms with van der Waals surface area (Å²) in [7, 11) is 1.57. The van der Waals surface area contributed by atoms with Gasteiger partial charge in [0.05, 0.1) is 13.0 Å². The highest BCUT2D eigenvalue weighted by Gasteiger charge is 2.12. The molecule has 1 atom stereocenters. The van der Waals surface area contributed by atoms with Crippen molar-refractivity contribution in [3.8, 4) is 5.75 Å². The van der Waals surface area contributed by atoms with Crippen LogP contribution in [-0.2, 0) is 11.2 Å². The minimum Gasteiger partial charge on any atom is -0.496 e. The maximum Gasteiger partial charge on any atom is 0.306 e. The maximum atomic E-state index is 12.3. The molecule has 0 aliphatic heterocycles. The van der Waals surface area contributed by atoms with E-state index >= 15 is 0 Å². The van der Waals surface area contributed by atoms with Gasteiger partial charge in [-0.15, -0.1) is 0 Å². The van der Waals surface area contributed by atoms with Crippen molar-refractivity contribution in [1.82, 2.24) is 0 Å². The average Bonchev–Trinajstić information content (AvgIpc) is 2.56. The molecule has 2 aromatic rings. The number of carbonyl (C=O) groups is 2. The van der Waals surface area contributed by atoms with E-state index in [0.717, 1.165) is 11.1 Å². The van der Waals surface area contributed by atoms with Crippen LogP contribution in [0.2, 0.25) is 0 Å². The molecule has 0 saturated carbocycles. The summed E-state index contributed by atoms with van der Waals surface area (Å²) in [5, 5.41) is 11.8. The highest BCUT2D eigenvalue weighted by Crippen LogP contribution is 2.20. The standard InChI is InChI=1S/C19H21NO4/c1-12-4-7-15(11-17(12)24-3)18(21)20-16-8-5-14(6-9-16)10-13(2)19(22)23/h4-9,11,13H,10H2,1-3H3,(H,20,21)(H,22,23). The zero-order valence-electron chi connectivity index (χ0n) is 14.0. The van der Waals surface area contributed by atoms with Crippen LogP contribution in [-0.4, -0.2) is 24.1 Å². The van der Waals surface area contributed by atoms with Gasteiger partial charge in [-0.2, -0.15) is 0 Å². The van der Waals surface area contributed by atoms with E-state index < -0.39 is 11.9 Å². The number of rotatable bonds is 6. The topological polar surface area (TPSA) is 75.6 Å². The lowest BCUT2D eigenvalue weighted by molar-refractivity contribution is -0.141. The first-order valence-electron chi connectivity index (χ1n) is 7.68. The first kappa shape index (κ1) is 17.5. The van der Waals surface area contributed by atoms with Crippen LogP contribution in [0.4, 0.5) is 5.69 Å². The lowest BCUT2D eigenvalue weighted by Crippen LogP contribution is -2.13. The van der Waals surface area contributed by atoms with Crippen molar-refractivity contribution in [3.63, 3.8) is 0 Å². The van der Waals surface area contributed by atoms with Gasteiger partial charge in [-0.1, -0.05) is 25.1 Å². The van der Waals surface area contributed by atoms with Crippen LogP contribution in [0.15, 0.2) is 42.5 Å². The maximum absolute atomic E-state index is 12.3. The minimum atomic E-state index is -0.819. The van der Waals surface area contributed by atoms with Crippen molar-refractivity contribution < 1.29 is 19.4 Å². The number of methoxy groups -OCH3 is 1. The number of nitrogens with one attached hydrogen (secondary N) is 1. The monoisotopic (exact) mass is 327 g/mol. The Morgan fingerprint density at radius 3 is 2.42 bits per heavy atom. The second-order valence-corrected chi connectivity index (χ2v) is 5.78. The summed E-state index contributed by atoms with van der Waals surface area (Å²) < 4.78 is 5.23. The summed E-state index contributed by atoms with van der Waals surface area (Å²) in [6.45, 7) is 3.58. The molecule has 1 unspecified atom stereocenters. The quantitative estimate of drug-likeness (QED) is 0.851. The number of carboxylic acids is 1. The Bertz CT molecular complexity index is 738. The number of benzene rings is 2. The van der Waals surface area contributed by atoms with E-state index in [1.54, 1.807) is 38.3 Å². The molecule has 2 rings (SSSR count). The normalized spacial score (nSPS) is 11.6. The Morgan fingerprint density at radius 2 is 1.83 bits per heavy atom. The van der Waals surface area contributed by atoms with Crippen molar-refractivity contribution in [2.45, 2.75) is 20.3 Å². The average molecular weight is 327 g/mol. The molecule has 0 radical (unpaired) electrons. The predicted octanol–water partition coefficient (Wildman–Crippen LogP) is 3.52. The summed E-state index contributed by atoms with van der Waals surface area (Å²) in [5.74, 6) is -0.813. The van der Waals surface area contributed by atoms with E-state index in [9.17, 15) is 9.59 Å². The van der Waals surface area contributed by atoms with Gasteiger partial charge in [-0.25, -0.2) is 0 Å². The Morgan fingerprint density at radius 1 is 1.17 bits per heavy atom. The van der Waals surface area contributed by atoms with Gasteiger partial charge in [0.15, 0.2) is 0 Å². The second kappa shape index (κ2) is 7.64. The molecule has 126 valence electrons. The van der Waals surface area contributed by atoms with E-state index in [2.05, 4.69) is 5.32 Å². The van der Waals surface area contributed by atoms with Crippen LogP contribution in [0.25, 0.3) is 0 Å². The lowest BCUT2D eigenvalue weighted by atomic mass is 10.0. The van der Waals surface area contributed by atoms with Gasteiger partial charge >= 0.3 is 5.97 Å². The number of anilines is 1. The highest BCUT2D eigenvalue weighted by atomic mass is 16.5. The third-order valence-electron chi connectivity index (χ3n) is 3.85. The van der Waals surface area contributed by atoms with E-state index in [0.29, 0.717) is 23.4 Å². The first-order valence-corrected chi connectivity index (χ1v) is 7.68. The number of aryl methyl sites for hydroxylation is 1. The minimum absolute atomic E-state index is 0.222. The zero-order valence-corrected chi connectivity index (χ0v) is 14.0. The van der Waals surface area contributed by atoms with E-state index in [1.165, 1.54) is 0 Å². The number of hydrogen-bond acceptors (Lipinski definition) is 3. The number of carbonyl (C=O) groups excluding carboxylic acids is 1. The molecule has 0 heterocycles. The van der Waals surface area contributed by atoms with Crippen LogP contribution in [0, 0.1) is 12.8 Å². The molecule has 0 saturated heterocycles. The molecular formula is C19H21NO4. The van der Waals surface area contributed by atoms with Crippen LogP contribution in [0.1, 0.15) is 28.4 Å². The Kier molecular flexibility index (Phi) is 5.58. The summed E-state index contributed by atoms with van der Waals surface area (Å²) >= 11 is 0. The number of amides is 1. The third-order valence-corrected chi connectivity index (χ3v) is 3.85. The molecule has 0 fully saturated rings. The highest BCUT2D eigenvalue weighted by molar-refractivity contribution is 6.04. The largest absolute Gasteiger partial charge is 0.496 e. The molecule has 0 aliphatic carbocycles. The summed E-state index contributed by atoms with van der Waals surface area (Å²) in [6.07, 6.45) is 0.457. The molecule has 24 heavy (non-hydrogen) atoms. The van der Waals surface area contributed by atoms with Crippen molar-refractivity contribution in [2.24, 2.45) is 5.92 Å². The molecule has 0 bridgehead atoms. The van der Waals surface area contributed by atoms with E-state index in [-0.39, 0.29) is 5.91 Å². The molecule has 5 nitrogen and oxygen atoms in total. The molecular weight excluding hydrogens is 306 g/mol. The first-order chi connectivity index (χ1) is 11.4. The lowest BCUT2D eigenvalue weighted by Gasteiger charge is -2.10. The molecule has 0 aliphatic rings. The van der Waals surface area contributed by atoms with Crippen LogP contribution in [0.5, 0.6) is 5.75 Å². The van der Waals surface area contributed by atoms with Crippen molar-refractivity contribution in [2.75, 3.05) is 12.4 Å². The summed E-state index contributed by atoms with van der Waals surface area (Å²) in [5.41, 5.74) is 3.05. The van der Waals surface area contributed by atoms with Gasteiger partial charge < -0.3 is 15.2 Å². The molecule has 1 amide bonds. The number of carboxylic acid groups (broad SMARTS) is 1. The van der Waals surface area contributed by atoms with Gasteiger partial charge in [-0.05, 0) is 48.7 Å². The second-order valence-electron chi connectivity index (χ2n) is 5.78. The Balaban J connectivity index is 2.05. The van der Waals surface area contributed by atoms with Crippen molar-refractivity contribution >= 4 is 17.6 Å². The zero-order chi connectivity index (χ0) is 17.7. The van der Waals surface area contributed by atoms with Gasteiger partial charge in [0.25, 0.3) is 5.91 Å². The Hall–Kier alpha value is -2.82. The fraction of sp³-hybridized carbons (Fsp3) is 0.263. The molecule has 2 N–H and O–H groups in total. The van der Waals surface area contributed by atoms with Gasteiger partial charge in [0.2, 0.25) is 0 Å². The molecule has 0 aromatic heterocycles. The van der Waals surface area contributed by atoms with Crippen LogP contribution in [0.3, 0.4) is 0 Å². The Labute approximate surface area is 141 Å². The van der Waals surface area contributed by atoms with Gasteiger partial charge in [0, 0.05) is 11.3 Å². The summed E-state index contributed by atoms with van der Waals surface area (Å²) in [6, 6.07) is 12.5. The molecule has 0 spiro atoms. The predicted molar refractivity (Wildman–Crippen MR) is 92.6 cm³/mol. The van der Waals surface area contributed by atoms with Crippen LogP contribution >= 0.6 is 0 Å². The fourth-order valence-electron chi connectivity index (χ4n) is 2.33. The van der Waals surface area contributed by atoms with Crippen molar-refractivity contribution in [1.29, 1.82) is 0 Å². The third kappa shape index (κ3) is 4.35. The van der Waals surface area contributed by atoms with Crippen LogP contribution < -0.4 is 10.1 Å². The van der Waals surface area contributed by atoms with Gasteiger partial charge in [0.1, 0.15) is 5.75 Å². The summed E-state index contributed by atoms with van der Waals surface area (Å²) in [4.78, 5) is 23.2. The molecule has 2 aromatic carbocycles. The number of ether oxygens (including phenoxy) is 1. The fourth-order valence-corrected chi connectivity index (χ4v) is 2.33. The number of hydrogen-bond donors (Lipinski definition) is 2. The molecule has 5 heteroatoms.